The summed E-state index contributed by atoms with van der Waals surface area (Å²) >= 11 is 0. The summed E-state index contributed by atoms with van der Waals surface area (Å²) < 4.78 is 0. The smallest absolute Gasteiger partial charge is 0.151 e. The number of hydrogen-bond donors (Lipinski definition) is 1. The molecule has 1 fully saturated rings. The Labute approximate surface area is 108 Å². The standard InChI is InChI=1S/C13H22N4O/c1-3-16(4-2)12-7-8-17(9-12)13-6-5-11(10-18)14-15-13/h5-6,12,18H,3-4,7-10H2,1-2H3. The fraction of sp³-hybridized carbons (Fsp3) is 0.692. The summed E-state index contributed by atoms with van der Waals surface area (Å²) in [6.07, 6.45) is 1.19. The Balaban J connectivity index is 1.99. The summed E-state index contributed by atoms with van der Waals surface area (Å²) in [6, 6.07) is 4.41. The Kier molecular flexibility index (Phi) is 4.49. The van der Waals surface area contributed by atoms with E-state index in [-0.39, 0.29) is 6.61 Å². The summed E-state index contributed by atoms with van der Waals surface area (Å²) in [7, 11) is 0. The molecule has 5 nitrogen and oxygen atoms in total. The largest absolute Gasteiger partial charge is 0.390 e. The minimum absolute atomic E-state index is 0.0463. The van der Waals surface area contributed by atoms with E-state index in [1.165, 1.54) is 6.42 Å². The van der Waals surface area contributed by atoms with Gasteiger partial charge in [0.2, 0.25) is 0 Å². The summed E-state index contributed by atoms with van der Waals surface area (Å²) in [6.45, 7) is 8.64. The SMILES string of the molecule is CCN(CC)C1CCN(c2ccc(CO)nn2)C1. The molecule has 1 aromatic rings. The highest BCUT2D eigenvalue weighted by atomic mass is 16.3. The zero-order valence-corrected chi connectivity index (χ0v) is 11.2. The predicted octanol–water partition coefficient (Wildman–Crippen LogP) is 0.889. The van der Waals surface area contributed by atoms with Crippen molar-refractivity contribution in [1.82, 2.24) is 15.1 Å². The highest BCUT2D eigenvalue weighted by Gasteiger charge is 2.26. The number of aliphatic hydroxyl groups excluding tert-OH is 1. The maximum atomic E-state index is 8.95. The number of nitrogens with zero attached hydrogens (tertiary/aromatic N) is 4. The number of likely N-dealkylation sites (N-methyl/N-ethyl adjacent to an activating group) is 1. The van der Waals surface area contributed by atoms with Crippen LogP contribution in [0.1, 0.15) is 26.0 Å². The molecule has 0 bridgehead atoms. The van der Waals surface area contributed by atoms with Gasteiger partial charge in [-0.1, -0.05) is 13.8 Å². The average molecular weight is 250 g/mol. The molecule has 0 saturated carbocycles. The second kappa shape index (κ2) is 6.11. The van der Waals surface area contributed by atoms with E-state index in [2.05, 4.69) is 33.8 Å². The van der Waals surface area contributed by atoms with Gasteiger partial charge in [-0.15, -0.1) is 5.10 Å². The predicted molar refractivity (Wildman–Crippen MR) is 71.5 cm³/mol. The van der Waals surface area contributed by atoms with Gasteiger partial charge in [-0.3, -0.25) is 4.90 Å². The van der Waals surface area contributed by atoms with Crippen LogP contribution >= 0.6 is 0 Å². The van der Waals surface area contributed by atoms with Crippen molar-refractivity contribution in [3.05, 3.63) is 17.8 Å². The summed E-state index contributed by atoms with van der Waals surface area (Å²) in [5, 5.41) is 17.1. The summed E-state index contributed by atoms with van der Waals surface area (Å²) in [5.74, 6) is 0.918. The van der Waals surface area contributed by atoms with Crippen molar-refractivity contribution < 1.29 is 5.11 Å². The molecule has 0 amide bonds. The van der Waals surface area contributed by atoms with Crippen LogP contribution in [-0.4, -0.2) is 52.4 Å². The van der Waals surface area contributed by atoms with E-state index in [9.17, 15) is 0 Å². The summed E-state index contributed by atoms with van der Waals surface area (Å²) in [5.41, 5.74) is 0.623. The lowest BCUT2D eigenvalue weighted by atomic mass is 10.2. The van der Waals surface area contributed by atoms with Gasteiger partial charge >= 0.3 is 0 Å². The molecule has 1 unspecified atom stereocenters. The average Bonchev–Trinajstić information content (AvgIpc) is 2.90. The zero-order chi connectivity index (χ0) is 13.0. The fourth-order valence-corrected chi connectivity index (χ4v) is 2.59. The number of aromatic nitrogens is 2. The Hall–Kier alpha value is -1.20. The second-order valence-electron chi connectivity index (χ2n) is 4.65. The van der Waals surface area contributed by atoms with E-state index in [1.807, 2.05) is 12.1 Å². The molecule has 5 heteroatoms. The number of rotatable bonds is 5. The van der Waals surface area contributed by atoms with Gasteiger partial charge in [0.25, 0.3) is 0 Å². The Morgan fingerprint density at radius 2 is 2.11 bits per heavy atom. The number of hydrogen-bond acceptors (Lipinski definition) is 5. The lowest BCUT2D eigenvalue weighted by Gasteiger charge is -2.26. The lowest BCUT2D eigenvalue weighted by molar-refractivity contribution is 0.232. The Morgan fingerprint density at radius 1 is 1.33 bits per heavy atom. The van der Waals surface area contributed by atoms with Gasteiger partial charge in [0.1, 0.15) is 0 Å². The minimum atomic E-state index is -0.0463. The molecule has 0 radical (unpaired) electrons. The molecule has 2 heterocycles. The van der Waals surface area contributed by atoms with E-state index in [1.54, 1.807) is 0 Å². The quantitative estimate of drug-likeness (QED) is 0.841. The van der Waals surface area contributed by atoms with Gasteiger partial charge in [0, 0.05) is 19.1 Å². The van der Waals surface area contributed by atoms with Crippen LogP contribution < -0.4 is 4.90 Å². The van der Waals surface area contributed by atoms with Crippen LogP contribution in [0.5, 0.6) is 0 Å². The molecule has 2 rings (SSSR count). The van der Waals surface area contributed by atoms with Gasteiger partial charge in [0.05, 0.1) is 12.3 Å². The van der Waals surface area contributed by atoms with Crippen LogP contribution in [0.2, 0.25) is 0 Å². The van der Waals surface area contributed by atoms with Gasteiger partial charge in [-0.25, -0.2) is 0 Å². The third-order valence-corrected chi connectivity index (χ3v) is 3.68. The van der Waals surface area contributed by atoms with Crippen molar-refractivity contribution in [3.8, 4) is 0 Å². The van der Waals surface area contributed by atoms with Gasteiger partial charge in [-0.05, 0) is 31.6 Å². The molecule has 1 saturated heterocycles. The molecule has 1 aliphatic heterocycles. The van der Waals surface area contributed by atoms with Crippen LogP contribution in [0.15, 0.2) is 12.1 Å². The Bertz CT molecular complexity index is 364. The fourth-order valence-electron chi connectivity index (χ4n) is 2.59. The van der Waals surface area contributed by atoms with Crippen molar-refractivity contribution in [3.63, 3.8) is 0 Å². The summed E-state index contributed by atoms with van der Waals surface area (Å²) in [4.78, 5) is 4.77. The highest BCUT2D eigenvalue weighted by molar-refractivity contribution is 5.39. The highest BCUT2D eigenvalue weighted by Crippen LogP contribution is 2.20. The first-order valence-corrected chi connectivity index (χ1v) is 6.71. The molecule has 1 atom stereocenters. The van der Waals surface area contributed by atoms with Crippen LogP contribution in [0, 0.1) is 0 Å². The third kappa shape index (κ3) is 2.79. The molecule has 1 aliphatic rings. The molecule has 0 aromatic carbocycles. The van der Waals surface area contributed by atoms with E-state index in [0.29, 0.717) is 11.7 Å². The van der Waals surface area contributed by atoms with Gasteiger partial charge < -0.3 is 10.0 Å². The van der Waals surface area contributed by atoms with E-state index in [4.69, 9.17) is 5.11 Å². The van der Waals surface area contributed by atoms with E-state index < -0.39 is 0 Å². The zero-order valence-electron chi connectivity index (χ0n) is 11.2. The van der Waals surface area contributed by atoms with Crippen LogP contribution in [-0.2, 0) is 6.61 Å². The van der Waals surface area contributed by atoms with Crippen molar-refractivity contribution in [2.24, 2.45) is 0 Å². The van der Waals surface area contributed by atoms with Gasteiger partial charge in [-0.2, -0.15) is 5.10 Å². The van der Waals surface area contributed by atoms with E-state index >= 15 is 0 Å². The maximum Gasteiger partial charge on any atom is 0.151 e. The maximum absolute atomic E-state index is 8.95. The van der Waals surface area contributed by atoms with Crippen LogP contribution in [0.25, 0.3) is 0 Å². The lowest BCUT2D eigenvalue weighted by Crippen LogP contribution is -2.37. The monoisotopic (exact) mass is 250 g/mol. The molecule has 1 aromatic heterocycles. The number of aliphatic hydroxyl groups is 1. The van der Waals surface area contributed by atoms with Crippen molar-refractivity contribution >= 4 is 5.82 Å². The van der Waals surface area contributed by atoms with Crippen molar-refractivity contribution in [2.45, 2.75) is 32.9 Å². The topological polar surface area (TPSA) is 52.5 Å². The van der Waals surface area contributed by atoms with Gasteiger partial charge in [0.15, 0.2) is 5.82 Å². The first-order valence-electron chi connectivity index (χ1n) is 6.71. The van der Waals surface area contributed by atoms with Crippen LogP contribution in [0.3, 0.4) is 0 Å². The minimum Gasteiger partial charge on any atom is -0.390 e. The first-order chi connectivity index (χ1) is 8.78. The van der Waals surface area contributed by atoms with Crippen molar-refractivity contribution in [2.75, 3.05) is 31.1 Å². The molecule has 0 aliphatic carbocycles. The Morgan fingerprint density at radius 3 is 2.67 bits per heavy atom. The van der Waals surface area contributed by atoms with Crippen molar-refractivity contribution in [1.29, 1.82) is 0 Å². The molecule has 1 N–H and O–H groups in total. The third-order valence-electron chi connectivity index (χ3n) is 3.68. The molecule has 100 valence electrons. The molecular weight excluding hydrogens is 228 g/mol. The molecule has 0 spiro atoms. The number of anilines is 1. The second-order valence-corrected chi connectivity index (χ2v) is 4.65. The molecular formula is C13H22N4O. The first kappa shape index (κ1) is 13.2. The molecule has 18 heavy (non-hydrogen) atoms. The normalized spacial score (nSPS) is 19.8. The van der Waals surface area contributed by atoms with E-state index in [0.717, 1.165) is 32.0 Å². The van der Waals surface area contributed by atoms with Crippen LogP contribution in [0.4, 0.5) is 5.82 Å².